The number of benzene rings is 1. The van der Waals surface area contributed by atoms with E-state index in [2.05, 4.69) is 57.3 Å². The van der Waals surface area contributed by atoms with Crippen molar-refractivity contribution in [1.29, 1.82) is 0 Å². The van der Waals surface area contributed by atoms with E-state index in [-0.39, 0.29) is 0 Å². The molecule has 2 atom stereocenters. The molecule has 1 aliphatic carbocycles. The van der Waals surface area contributed by atoms with Gasteiger partial charge in [-0.05, 0) is 43.9 Å². The normalized spacial score (nSPS) is 26.4. The van der Waals surface area contributed by atoms with Crippen molar-refractivity contribution in [2.75, 3.05) is 13.1 Å². The van der Waals surface area contributed by atoms with Crippen LogP contribution in [0.5, 0.6) is 0 Å². The van der Waals surface area contributed by atoms with Crippen molar-refractivity contribution >= 4 is 15.9 Å². The summed E-state index contributed by atoms with van der Waals surface area (Å²) in [7, 11) is 0. The zero-order chi connectivity index (χ0) is 12.5. The molecule has 0 aromatic heterocycles. The second-order valence-corrected chi connectivity index (χ2v) is 6.57. The number of nitrogens with one attached hydrogen (secondary N) is 1. The summed E-state index contributed by atoms with van der Waals surface area (Å²) in [4.78, 5) is 2.66. The van der Waals surface area contributed by atoms with Gasteiger partial charge in [0.1, 0.15) is 0 Å². The van der Waals surface area contributed by atoms with Gasteiger partial charge in [0.05, 0.1) is 0 Å². The minimum absolute atomic E-state index is 0.437. The van der Waals surface area contributed by atoms with Gasteiger partial charge in [0, 0.05) is 35.7 Å². The lowest BCUT2D eigenvalue weighted by molar-refractivity contribution is 0.313. The second kappa shape index (κ2) is 5.32. The van der Waals surface area contributed by atoms with Crippen LogP contribution in [0.1, 0.15) is 37.8 Å². The molecule has 1 saturated carbocycles. The summed E-state index contributed by atoms with van der Waals surface area (Å²) in [6.45, 7) is 4.79. The monoisotopic (exact) mass is 308 g/mol. The van der Waals surface area contributed by atoms with E-state index in [1.807, 2.05) is 0 Å². The molecule has 1 unspecified atom stereocenters. The lowest BCUT2D eigenvalue weighted by Crippen LogP contribution is -2.34. The fourth-order valence-corrected chi connectivity index (χ4v) is 3.34. The van der Waals surface area contributed by atoms with E-state index in [9.17, 15) is 0 Å². The minimum atomic E-state index is 0.437. The molecule has 98 valence electrons. The number of hydrogen-bond donors (Lipinski definition) is 1. The highest BCUT2D eigenvalue weighted by atomic mass is 79.9. The van der Waals surface area contributed by atoms with Gasteiger partial charge in [-0.3, -0.25) is 4.90 Å². The fraction of sp³-hybridized carbons (Fsp3) is 0.600. The highest BCUT2D eigenvalue weighted by Gasteiger charge is 2.34. The molecule has 1 aromatic rings. The van der Waals surface area contributed by atoms with Crippen molar-refractivity contribution in [3.8, 4) is 0 Å². The van der Waals surface area contributed by atoms with E-state index in [1.165, 1.54) is 42.4 Å². The van der Waals surface area contributed by atoms with Crippen LogP contribution in [0.15, 0.2) is 28.7 Å². The molecule has 3 heteroatoms. The first-order chi connectivity index (χ1) is 8.72. The molecule has 1 N–H and O–H groups in total. The number of halogens is 1. The Bertz CT molecular complexity index is 417. The molecule has 18 heavy (non-hydrogen) atoms. The summed E-state index contributed by atoms with van der Waals surface area (Å²) in [5.74, 6) is 0. The van der Waals surface area contributed by atoms with Crippen molar-refractivity contribution < 1.29 is 0 Å². The van der Waals surface area contributed by atoms with Crippen LogP contribution in [0.4, 0.5) is 0 Å². The topological polar surface area (TPSA) is 15.3 Å². The standard InChI is InChI=1S/C15H21BrN2/c1-11(12-3-2-4-13(16)9-12)17-14-7-8-18(10-14)15-5-6-15/h2-4,9,11,14-15,17H,5-8,10H2,1H3/t11-,14?/m1/s1. The average molecular weight is 309 g/mol. The van der Waals surface area contributed by atoms with E-state index in [1.54, 1.807) is 0 Å². The van der Waals surface area contributed by atoms with Gasteiger partial charge in [0.2, 0.25) is 0 Å². The third-order valence-electron chi connectivity index (χ3n) is 4.12. The summed E-state index contributed by atoms with van der Waals surface area (Å²) in [5.41, 5.74) is 1.37. The Labute approximate surface area is 118 Å². The predicted octanol–water partition coefficient (Wildman–Crippen LogP) is 3.34. The molecule has 2 nitrogen and oxygen atoms in total. The molecule has 1 aromatic carbocycles. The van der Waals surface area contributed by atoms with Crippen LogP contribution in [0.25, 0.3) is 0 Å². The Morgan fingerprint density at radius 1 is 1.33 bits per heavy atom. The SMILES string of the molecule is C[C@@H](NC1CCN(C2CC2)C1)c1cccc(Br)c1. The summed E-state index contributed by atoms with van der Waals surface area (Å²) >= 11 is 3.54. The Balaban J connectivity index is 1.56. The van der Waals surface area contributed by atoms with E-state index in [4.69, 9.17) is 0 Å². The van der Waals surface area contributed by atoms with Gasteiger partial charge in [-0.1, -0.05) is 28.1 Å². The first kappa shape index (κ1) is 12.6. The first-order valence-corrected chi connectivity index (χ1v) is 7.77. The van der Waals surface area contributed by atoms with Crippen molar-refractivity contribution in [2.45, 2.75) is 44.3 Å². The summed E-state index contributed by atoms with van der Waals surface area (Å²) in [6, 6.07) is 10.6. The highest BCUT2D eigenvalue weighted by molar-refractivity contribution is 9.10. The molecular weight excluding hydrogens is 288 g/mol. The lowest BCUT2D eigenvalue weighted by atomic mass is 10.1. The van der Waals surface area contributed by atoms with Crippen molar-refractivity contribution in [3.05, 3.63) is 34.3 Å². The Hall–Kier alpha value is -0.380. The first-order valence-electron chi connectivity index (χ1n) is 6.98. The average Bonchev–Trinajstić information content (AvgIpc) is 3.11. The van der Waals surface area contributed by atoms with Gasteiger partial charge in [-0.2, -0.15) is 0 Å². The second-order valence-electron chi connectivity index (χ2n) is 5.66. The number of likely N-dealkylation sites (tertiary alicyclic amines) is 1. The fourth-order valence-electron chi connectivity index (χ4n) is 2.92. The van der Waals surface area contributed by atoms with Gasteiger partial charge in [-0.15, -0.1) is 0 Å². The molecular formula is C15H21BrN2. The van der Waals surface area contributed by atoms with Gasteiger partial charge in [0.25, 0.3) is 0 Å². The smallest absolute Gasteiger partial charge is 0.0295 e. The third-order valence-corrected chi connectivity index (χ3v) is 4.61. The minimum Gasteiger partial charge on any atom is -0.306 e. The largest absolute Gasteiger partial charge is 0.306 e. The third kappa shape index (κ3) is 2.95. The van der Waals surface area contributed by atoms with Gasteiger partial charge in [-0.25, -0.2) is 0 Å². The zero-order valence-electron chi connectivity index (χ0n) is 10.9. The van der Waals surface area contributed by atoms with Gasteiger partial charge >= 0.3 is 0 Å². The van der Waals surface area contributed by atoms with Crippen LogP contribution in [-0.4, -0.2) is 30.1 Å². The van der Waals surface area contributed by atoms with Crippen LogP contribution in [0, 0.1) is 0 Å². The molecule has 0 spiro atoms. The maximum Gasteiger partial charge on any atom is 0.0295 e. The highest BCUT2D eigenvalue weighted by Crippen LogP contribution is 2.30. The maximum atomic E-state index is 3.77. The van der Waals surface area contributed by atoms with Crippen LogP contribution in [-0.2, 0) is 0 Å². The quantitative estimate of drug-likeness (QED) is 0.918. The molecule has 1 aliphatic heterocycles. The predicted molar refractivity (Wildman–Crippen MR) is 78.7 cm³/mol. The number of hydrogen-bond acceptors (Lipinski definition) is 2. The van der Waals surface area contributed by atoms with Crippen molar-refractivity contribution in [1.82, 2.24) is 10.2 Å². The van der Waals surface area contributed by atoms with E-state index < -0.39 is 0 Å². The molecule has 0 amide bonds. The summed E-state index contributed by atoms with van der Waals surface area (Å²) < 4.78 is 1.17. The van der Waals surface area contributed by atoms with Gasteiger partial charge < -0.3 is 5.32 Å². The maximum absolute atomic E-state index is 3.77. The Morgan fingerprint density at radius 2 is 2.17 bits per heavy atom. The summed E-state index contributed by atoms with van der Waals surface area (Å²) in [5, 5.41) is 3.77. The molecule has 2 fully saturated rings. The molecule has 3 rings (SSSR count). The Kier molecular flexibility index (Phi) is 3.73. The van der Waals surface area contributed by atoms with E-state index >= 15 is 0 Å². The number of rotatable bonds is 4. The van der Waals surface area contributed by atoms with E-state index in [0.717, 1.165) is 6.04 Å². The van der Waals surface area contributed by atoms with Crippen LogP contribution < -0.4 is 5.32 Å². The van der Waals surface area contributed by atoms with Crippen molar-refractivity contribution in [3.63, 3.8) is 0 Å². The summed E-state index contributed by atoms with van der Waals surface area (Å²) in [6.07, 6.45) is 4.15. The van der Waals surface area contributed by atoms with Crippen LogP contribution in [0.2, 0.25) is 0 Å². The molecule has 0 bridgehead atoms. The van der Waals surface area contributed by atoms with Crippen LogP contribution in [0.3, 0.4) is 0 Å². The molecule has 0 radical (unpaired) electrons. The Morgan fingerprint density at radius 3 is 2.89 bits per heavy atom. The van der Waals surface area contributed by atoms with Gasteiger partial charge in [0.15, 0.2) is 0 Å². The van der Waals surface area contributed by atoms with Crippen LogP contribution >= 0.6 is 15.9 Å². The molecule has 2 aliphatic rings. The lowest BCUT2D eigenvalue weighted by Gasteiger charge is -2.21. The van der Waals surface area contributed by atoms with Crippen molar-refractivity contribution in [2.24, 2.45) is 0 Å². The molecule has 1 saturated heterocycles. The van der Waals surface area contributed by atoms with E-state index in [0.29, 0.717) is 12.1 Å². The zero-order valence-corrected chi connectivity index (χ0v) is 12.5. The number of nitrogens with zero attached hydrogens (tertiary/aromatic N) is 1. The molecule has 1 heterocycles.